The van der Waals surface area contributed by atoms with Gasteiger partial charge in [-0.3, -0.25) is 4.79 Å². The van der Waals surface area contributed by atoms with E-state index in [-0.39, 0.29) is 5.97 Å². The molecule has 2 bridgehead atoms. The second-order valence-electron chi connectivity index (χ2n) is 12.2. The topological polar surface area (TPSA) is 52.6 Å². The molecule has 1 saturated heterocycles. The fourth-order valence-corrected chi connectivity index (χ4v) is 7.40. The molecule has 4 heteroatoms. The van der Waals surface area contributed by atoms with Crippen LogP contribution in [0.3, 0.4) is 0 Å². The predicted molar refractivity (Wildman–Crippen MR) is 160 cm³/mol. The van der Waals surface area contributed by atoms with Crippen molar-refractivity contribution in [3.63, 3.8) is 0 Å². The molecule has 6 aromatic rings. The van der Waals surface area contributed by atoms with Gasteiger partial charge in [0.15, 0.2) is 0 Å². The number of ether oxygens (including phenoxy) is 2. The van der Waals surface area contributed by atoms with E-state index in [4.69, 9.17) is 9.47 Å². The molecule has 2 fully saturated rings. The molecule has 0 spiro atoms. The third kappa shape index (κ3) is 2.76. The van der Waals surface area contributed by atoms with Gasteiger partial charge in [-0.2, -0.15) is 0 Å². The van der Waals surface area contributed by atoms with Crippen LogP contribution in [0.4, 0.5) is 0 Å². The number of rotatable bonds is 2. The third-order valence-electron chi connectivity index (χ3n) is 10.3. The smallest absolute Gasteiger partial charge is 0.356 e. The summed E-state index contributed by atoms with van der Waals surface area (Å²) in [6, 6.07) is 31.7. The quantitative estimate of drug-likeness (QED) is 0.129. The van der Waals surface area contributed by atoms with Crippen molar-refractivity contribution < 1.29 is 19.1 Å². The zero-order valence-corrected chi connectivity index (χ0v) is 22.7. The van der Waals surface area contributed by atoms with E-state index in [1.165, 1.54) is 37.7 Å². The first-order chi connectivity index (χ1) is 19.2. The number of hydrogen-bond donors (Lipinski definition) is 0. The second-order valence-corrected chi connectivity index (χ2v) is 12.2. The Morgan fingerprint density at radius 2 is 1.25 bits per heavy atom. The van der Waals surface area contributed by atoms with Crippen LogP contribution in [0.25, 0.3) is 53.9 Å². The minimum absolute atomic E-state index is 0.308. The summed E-state index contributed by atoms with van der Waals surface area (Å²) >= 11 is 0. The van der Waals surface area contributed by atoms with Crippen LogP contribution in [0.5, 0.6) is 5.75 Å². The van der Waals surface area contributed by atoms with Gasteiger partial charge in [0, 0.05) is 5.41 Å². The maximum absolute atomic E-state index is 13.6. The Hall–Kier alpha value is -4.44. The summed E-state index contributed by atoms with van der Waals surface area (Å²) in [6.45, 7) is 5.78. The molecule has 1 saturated carbocycles. The van der Waals surface area contributed by atoms with Gasteiger partial charge in [0.05, 0.1) is 5.41 Å². The fraction of sp³-hybridized carbons (Fsp3) is 0.222. The summed E-state index contributed by atoms with van der Waals surface area (Å²) in [6.07, 6.45) is 1.10. The first-order valence-corrected chi connectivity index (χ1v) is 13.9. The average molecular weight is 525 g/mol. The van der Waals surface area contributed by atoms with Gasteiger partial charge in [0.2, 0.25) is 5.60 Å². The number of esters is 2. The average Bonchev–Trinajstić information content (AvgIpc) is 3.26. The van der Waals surface area contributed by atoms with Gasteiger partial charge in [-0.25, -0.2) is 4.79 Å². The van der Waals surface area contributed by atoms with Crippen molar-refractivity contribution in [3.8, 4) is 5.75 Å². The highest BCUT2D eigenvalue weighted by Crippen LogP contribution is 2.65. The molecule has 0 radical (unpaired) electrons. The molecule has 1 aliphatic carbocycles. The Morgan fingerprint density at radius 1 is 0.675 bits per heavy atom. The molecule has 8 rings (SSSR count). The summed E-state index contributed by atoms with van der Waals surface area (Å²) in [5, 5.41) is 11.7. The lowest BCUT2D eigenvalue weighted by atomic mass is 9.66. The highest BCUT2D eigenvalue weighted by Gasteiger charge is 2.76. The number of benzene rings is 6. The molecule has 1 heterocycles. The van der Waals surface area contributed by atoms with E-state index in [9.17, 15) is 9.59 Å². The minimum Gasteiger partial charge on any atom is -0.446 e. The molecule has 4 nitrogen and oxygen atoms in total. The Bertz CT molecular complexity index is 2100. The van der Waals surface area contributed by atoms with Crippen molar-refractivity contribution in [2.24, 2.45) is 10.8 Å². The molecular formula is C36H28O4. The van der Waals surface area contributed by atoms with Crippen molar-refractivity contribution >= 4 is 65.8 Å². The number of carbonyl (C=O) groups is 2. The van der Waals surface area contributed by atoms with E-state index in [1.807, 2.05) is 39.0 Å². The molecule has 196 valence electrons. The zero-order valence-electron chi connectivity index (χ0n) is 22.7. The normalized spacial score (nSPS) is 23.4. The molecule has 6 aromatic carbocycles. The molecular weight excluding hydrogens is 496 g/mol. The molecule has 2 atom stereocenters. The molecule has 1 aliphatic heterocycles. The summed E-state index contributed by atoms with van der Waals surface area (Å²) in [7, 11) is 0. The lowest BCUT2D eigenvalue weighted by Gasteiger charge is -2.34. The van der Waals surface area contributed by atoms with Crippen molar-refractivity contribution in [2.75, 3.05) is 0 Å². The van der Waals surface area contributed by atoms with Crippen LogP contribution in [-0.4, -0.2) is 17.5 Å². The standard InChI is InChI=1S/C36H28O4/c1-34(2)35(3)18-19-36(34,40-32(35)37)33(38)39-26-16-17-28-25(20-26)15-14-23-11-13-24-12-10-22-9-8-21-6-4-5-7-27(21)29(22)31(24)30(23)28/h4-17,20H,18-19H2,1-3H3/t35-,36+/m0/s1. The lowest BCUT2D eigenvalue weighted by Crippen LogP contribution is -2.50. The van der Waals surface area contributed by atoms with E-state index in [2.05, 4.69) is 72.8 Å². The van der Waals surface area contributed by atoms with Crippen molar-refractivity contribution in [1.29, 1.82) is 0 Å². The van der Waals surface area contributed by atoms with Crippen LogP contribution in [0.15, 0.2) is 91.0 Å². The Kier molecular flexibility index (Phi) is 4.46. The van der Waals surface area contributed by atoms with Gasteiger partial charge in [0.25, 0.3) is 0 Å². The molecule has 0 unspecified atom stereocenters. The molecule has 0 amide bonds. The maximum atomic E-state index is 13.6. The summed E-state index contributed by atoms with van der Waals surface area (Å²) in [5.41, 5.74) is -2.58. The van der Waals surface area contributed by atoms with Gasteiger partial charge in [-0.1, -0.05) is 92.7 Å². The van der Waals surface area contributed by atoms with E-state index in [0.29, 0.717) is 18.6 Å². The first kappa shape index (κ1) is 23.4. The van der Waals surface area contributed by atoms with Crippen LogP contribution in [0.2, 0.25) is 0 Å². The van der Waals surface area contributed by atoms with Gasteiger partial charge >= 0.3 is 11.9 Å². The third-order valence-corrected chi connectivity index (χ3v) is 10.3. The van der Waals surface area contributed by atoms with Crippen LogP contribution in [-0.2, 0) is 14.3 Å². The Balaban J connectivity index is 1.31. The van der Waals surface area contributed by atoms with Crippen molar-refractivity contribution in [2.45, 2.75) is 39.2 Å². The van der Waals surface area contributed by atoms with Gasteiger partial charge in [-0.05, 0) is 85.8 Å². The highest BCUT2D eigenvalue weighted by atomic mass is 16.6. The van der Waals surface area contributed by atoms with Gasteiger partial charge < -0.3 is 9.47 Å². The second kappa shape index (κ2) is 7.60. The van der Waals surface area contributed by atoms with Crippen LogP contribution < -0.4 is 4.74 Å². The van der Waals surface area contributed by atoms with E-state index in [1.54, 1.807) is 0 Å². The highest BCUT2D eigenvalue weighted by molar-refractivity contribution is 6.32. The van der Waals surface area contributed by atoms with Crippen molar-refractivity contribution in [3.05, 3.63) is 91.0 Å². The van der Waals surface area contributed by atoms with Gasteiger partial charge in [-0.15, -0.1) is 0 Å². The number of fused-ring (bicyclic) bond motifs is 11. The van der Waals surface area contributed by atoms with E-state index >= 15 is 0 Å². The summed E-state index contributed by atoms with van der Waals surface area (Å²) < 4.78 is 11.7. The summed E-state index contributed by atoms with van der Waals surface area (Å²) in [5.74, 6) is -0.346. The summed E-state index contributed by atoms with van der Waals surface area (Å²) in [4.78, 5) is 26.3. The SMILES string of the molecule is CC1(C)[C@@]2(C)CC[C@]1(C(=O)Oc1ccc3c(ccc4ccc5ccc6ccc7ccccc7c6c5c43)c1)OC2=O. The van der Waals surface area contributed by atoms with Crippen LogP contribution >= 0.6 is 0 Å². The molecule has 0 N–H and O–H groups in total. The largest absolute Gasteiger partial charge is 0.446 e. The molecule has 2 aliphatic rings. The maximum Gasteiger partial charge on any atom is 0.356 e. The Morgan fingerprint density at radius 3 is 1.88 bits per heavy atom. The lowest BCUT2D eigenvalue weighted by molar-refractivity contribution is -0.176. The minimum atomic E-state index is -1.26. The number of hydrogen-bond acceptors (Lipinski definition) is 4. The molecule has 0 aromatic heterocycles. The van der Waals surface area contributed by atoms with E-state index < -0.39 is 22.4 Å². The number of carbonyl (C=O) groups excluding carboxylic acids is 2. The van der Waals surface area contributed by atoms with Crippen molar-refractivity contribution in [1.82, 2.24) is 0 Å². The first-order valence-electron chi connectivity index (χ1n) is 13.9. The van der Waals surface area contributed by atoms with Crippen LogP contribution in [0, 0.1) is 10.8 Å². The van der Waals surface area contributed by atoms with Gasteiger partial charge in [0.1, 0.15) is 5.75 Å². The Labute approximate surface area is 231 Å². The fourth-order valence-electron chi connectivity index (χ4n) is 7.40. The van der Waals surface area contributed by atoms with Crippen LogP contribution in [0.1, 0.15) is 33.6 Å². The monoisotopic (exact) mass is 524 g/mol. The predicted octanol–water partition coefficient (Wildman–Crippen LogP) is 8.48. The van der Waals surface area contributed by atoms with E-state index in [0.717, 1.165) is 16.2 Å². The molecule has 40 heavy (non-hydrogen) atoms. The zero-order chi connectivity index (χ0) is 27.4.